The molecular formula is C13H15N3O. The Labute approximate surface area is 100.0 Å². The SMILES string of the molecule is Cc1nonc1CNC1CCc2ccccc21. The van der Waals surface area contributed by atoms with E-state index in [9.17, 15) is 0 Å². The second-order valence-corrected chi connectivity index (χ2v) is 4.47. The Hall–Kier alpha value is -1.68. The van der Waals surface area contributed by atoms with Crippen LogP contribution in [0.2, 0.25) is 0 Å². The molecule has 1 N–H and O–H groups in total. The zero-order chi connectivity index (χ0) is 11.7. The lowest BCUT2D eigenvalue weighted by Gasteiger charge is -2.12. The maximum absolute atomic E-state index is 4.69. The molecular weight excluding hydrogens is 214 g/mol. The molecule has 1 unspecified atom stereocenters. The Bertz CT molecular complexity index is 521. The third-order valence-electron chi connectivity index (χ3n) is 3.40. The number of aromatic nitrogens is 2. The van der Waals surface area contributed by atoms with Crippen LogP contribution in [0.1, 0.15) is 35.0 Å². The number of nitrogens with zero attached hydrogens (tertiary/aromatic N) is 2. The average molecular weight is 229 g/mol. The van der Waals surface area contributed by atoms with Gasteiger partial charge in [0, 0.05) is 12.6 Å². The van der Waals surface area contributed by atoms with Gasteiger partial charge in [-0.15, -0.1) is 0 Å². The first-order valence-corrected chi connectivity index (χ1v) is 5.94. The summed E-state index contributed by atoms with van der Waals surface area (Å²) in [5, 5.41) is 11.2. The van der Waals surface area contributed by atoms with Crippen molar-refractivity contribution >= 4 is 0 Å². The quantitative estimate of drug-likeness (QED) is 0.876. The molecule has 1 heterocycles. The Morgan fingerprint density at radius 2 is 2.24 bits per heavy atom. The Morgan fingerprint density at radius 3 is 3.06 bits per heavy atom. The van der Waals surface area contributed by atoms with Crippen LogP contribution in [0.5, 0.6) is 0 Å². The highest BCUT2D eigenvalue weighted by Gasteiger charge is 2.21. The summed E-state index contributed by atoms with van der Waals surface area (Å²) in [6, 6.07) is 9.05. The molecule has 1 aliphatic carbocycles. The number of fused-ring (bicyclic) bond motifs is 1. The van der Waals surface area contributed by atoms with E-state index in [2.05, 4.69) is 44.5 Å². The predicted molar refractivity (Wildman–Crippen MR) is 63.4 cm³/mol. The summed E-state index contributed by atoms with van der Waals surface area (Å²) in [5.74, 6) is 0. The highest BCUT2D eigenvalue weighted by atomic mass is 16.6. The van der Waals surface area contributed by atoms with Gasteiger partial charge in [0.1, 0.15) is 11.4 Å². The van der Waals surface area contributed by atoms with Crippen molar-refractivity contribution in [3.63, 3.8) is 0 Å². The maximum atomic E-state index is 4.69. The van der Waals surface area contributed by atoms with Crippen molar-refractivity contribution in [3.05, 3.63) is 46.8 Å². The molecule has 0 radical (unpaired) electrons. The number of aryl methyl sites for hydroxylation is 2. The van der Waals surface area contributed by atoms with E-state index in [1.165, 1.54) is 11.1 Å². The highest BCUT2D eigenvalue weighted by molar-refractivity contribution is 5.34. The number of hydrogen-bond acceptors (Lipinski definition) is 4. The van der Waals surface area contributed by atoms with Gasteiger partial charge < -0.3 is 5.32 Å². The van der Waals surface area contributed by atoms with Crippen LogP contribution in [-0.2, 0) is 13.0 Å². The lowest BCUT2D eigenvalue weighted by Crippen LogP contribution is -2.19. The number of rotatable bonds is 3. The first-order chi connectivity index (χ1) is 8.34. The van der Waals surface area contributed by atoms with Crippen molar-refractivity contribution in [2.45, 2.75) is 32.4 Å². The average Bonchev–Trinajstić information content (AvgIpc) is 2.93. The van der Waals surface area contributed by atoms with Gasteiger partial charge >= 0.3 is 0 Å². The van der Waals surface area contributed by atoms with Gasteiger partial charge in [-0.3, -0.25) is 0 Å². The van der Waals surface area contributed by atoms with Crippen LogP contribution < -0.4 is 5.32 Å². The Morgan fingerprint density at radius 1 is 1.35 bits per heavy atom. The van der Waals surface area contributed by atoms with Gasteiger partial charge in [0.05, 0.1) is 0 Å². The van der Waals surface area contributed by atoms with Crippen molar-refractivity contribution in [1.29, 1.82) is 0 Å². The van der Waals surface area contributed by atoms with Gasteiger partial charge in [0.2, 0.25) is 0 Å². The van der Waals surface area contributed by atoms with Gasteiger partial charge in [-0.25, -0.2) is 4.63 Å². The van der Waals surface area contributed by atoms with Gasteiger partial charge in [-0.2, -0.15) is 0 Å². The second-order valence-electron chi connectivity index (χ2n) is 4.47. The van der Waals surface area contributed by atoms with Crippen molar-refractivity contribution in [2.24, 2.45) is 0 Å². The van der Waals surface area contributed by atoms with E-state index in [0.29, 0.717) is 12.6 Å². The summed E-state index contributed by atoms with van der Waals surface area (Å²) in [7, 11) is 0. The van der Waals surface area contributed by atoms with Gasteiger partial charge in [-0.1, -0.05) is 34.6 Å². The Balaban J connectivity index is 1.70. The minimum atomic E-state index is 0.433. The van der Waals surface area contributed by atoms with Crippen LogP contribution >= 0.6 is 0 Å². The van der Waals surface area contributed by atoms with E-state index in [1.54, 1.807) is 0 Å². The smallest absolute Gasteiger partial charge is 0.121 e. The van der Waals surface area contributed by atoms with Crippen LogP contribution in [0, 0.1) is 6.92 Å². The van der Waals surface area contributed by atoms with Gasteiger partial charge in [-0.05, 0) is 30.9 Å². The molecule has 3 rings (SSSR count). The number of nitrogens with one attached hydrogen (secondary N) is 1. The summed E-state index contributed by atoms with van der Waals surface area (Å²) >= 11 is 0. The molecule has 1 aromatic heterocycles. The molecule has 0 saturated heterocycles. The fourth-order valence-corrected chi connectivity index (χ4v) is 2.40. The molecule has 0 saturated carbocycles. The zero-order valence-corrected chi connectivity index (χ0v) is 9.81. The summed E-state index contributed by atoms with van der Waals surface area (Å²) in [4.78, 5) is 0. The van der Waals surface area contributed by atoms with Crippen molar-refractivity contribution in [3.8, 4) is 0 Å². The largest absolute Gasteiger partial charge is 0.304 e. The van der Waals surface area contributed by atoms with Crippen molar-refractivity contribution in [1.82, 2.24) is 15.6 Å². The molecule has 0 spiro atoms. The third kappa shape index (κ3) is 1.96. The minimum Gasteiger partial charge on any atom is -0.304 e. The minimum absolute atomic E-state index is 0.433. The van der Waals surface area contributed by atoms with Crippen molar-refractivity contribution < 1.29 is 4.63 Å². The normalized spacial score (nSPS) is 18.3. The molecule has 17 heavy (non-hydrogen) atoms. The van der Waals surface area contributed by atoms with Gasteiger partial charge in [0.25, 0.3) is 0 Å². The van der Waals surface area contributed by atoms with E-state index in [-0.39, 0.29) is 0 Å². The summed E-state index contributed by atoms with van der Waals surface area (Å²) in [6.07, 6.45) is 2.31. The molecule has 88 valence electrons. The molecule has 1 aromatic carbocycles. The number of benzene rings is 1. The molecule has 4 nitrogen and oxygen atoms in total. The Kier molecular flexibility index (Phi) is 2.65. The second kappa shape index (κ2) is 4.30. The first kappa shape index (κ1) is 10.5. The van der Waals surface area contributed by atoms with Crippen LogP contribution in [0.15, 0.2) is 28.9 Å². The molecule has 0 amide bonds. The van der Waals surface area contributed by atoms with Crippen LogP contribution in [0.25, 0.3) is 0 Å². The van der Waals surface area contributed by atoms with E-state index in [0.717, 1.165) is 24.2 Å². The standard InChI is InChI=1S/C13H15N3O/c1-9-13(16-17-15-9)8-14-12-7-6-10-4-2-3-5-11(10)12/h2-5,12,14H,6-8H2,1H3. The van der Waals surface area contributed by atoms with E-state index in [1.807, 2.05) is 6.92 Å². The zero-order valence-electron chi connectivity index (χ0n) is 9.81. The summed E-state index contributed by atoms with van der Waals surface area (Å²) in [6.45, 7) is 2.63. The molecule has 1 atom stereocenters. The molecule has 2 aromatic rings. The fraction of sp³-hybridized carbons (Fsp3) is 0.385. The molecule has 0 aliphatic heterocycles. The lowest BCUT2D eigenvalue weighted by atomic mass is 10.1. The predicted octanol–water partition coefficient (Wildman–Crippen LogP) is 2.16. The molecule has 0 bridgehead atoms. The molecule has 0 fully saturated rings. The monoisotopic (exact) mass is 229 g/mol. The third-order valence-corrected chi connectivity index (χ3v) is 3.40. The van der Waals surface area contributed by atoms with Crippen LogP contribution in [0.4, 0.5) is 0 Å². The lowest BCUT2D eigenvalue weighted by molar-refractivity contribution is 0.299. The first-order valence-electron chi connectivity index (χ1n) is 5.94. The van der Waals surface area contributed by atoms with E-state index >= 15 is 0 Å². The number of hydrogen-bond donors (Lipinski definition) is 1. The summed E-state index contributed by atoms with van der Waals surface area (Å²) < 4.78 is 4.69. The molecule has 4 heteroatoms. The summed E-state index contributed by atoms with van der Waals surface area (Å²) in [5.41, 5.74) is 4.64. The van der Waals surface area contributed by atoms with E-state index in [4.69, 9.17) is 0 Å². The maximum Gasteiger partial charge on any atom is 0.121 e. The van der Waals surface area contributed by atoms with Gasteiger partial charge in [0.15, 0.2) is 0 Å². The fourth-order valence-electron chi connectivity index (χ4n) is 2.40. The molecule has 1 aliphatic rings. The topological polar surface area (TPSA) is 51.0 Å². The highest BCUT2D eigenvalue weighted by Crippen LogP contribution is 2.30. The van der Waals surface area contributed by atoms with E-state index < -0.39 is 0 Å². The van der Waals surface area contributed by atoms with Crippen molar-refractivity contribution in [2.75, 3.05) is 0 Å². The van der Waals surface area contributed by atoms with Crippen LogP contribution in [0.3, 0.4) is 0 Å². The van der Waals surface area contributed by atoms with Crippen LogP contribution in [-0.4, -0.2) is 10.3 Å².